The number of fused-ring (bicyclic) bond motifs is 1. The Morgan fingerprint density at radius 1 is 1.22 bits per heavy atom. The van der Waals surface area contributed by atoms with E-state index in [0.29, 0.717) is 23.4 Å². The van der Waals surface area contributed by atoms with Crippen LogP contribution in [0.2, 0.25) is 5.02 Å². The molecule has 1 fully saturated rings. The van der Waals surface area contributed by atoms with Gasteiger partial charge >= 0.3 is 0 Å². The van der Waals surface area contributed by atoms with Crippen LogP contribution in [0.25, 0.3) is 15.7 Å². The second kappa shape index (κ2) is 16.0. The van der Waals surface area contributed by atoms with Gasteiger partial charge in [-0.3, -0.25) is 9.79 Å². The second-order valence-electron chi connectivity index (χ2n) is 8.66. The van der Waals surface area contributed by atoms with E-state index in [-0.39, 0.29) is 0 Å². The summed E-state index contributed by atoms with van der Waals surface area (Å²) < 4.78 is 1.04. The van der Waals surface area contributed by atoms with Crippen molar-refractivity contribution in [3.8, 4) is 5.75 Å². The first-order valence-electron chi connectivity index (χ1n) is 12.5. The number of thiophene rings is 1. The van der Waals surface area contributed by atoms with Crippen LogP contribution in [-0.2, 0) is 11.3 Å². The first kappa shape index (κ1) is 30.3. The van der Waals surface area contributed by atoms with Gasteiger partial charge in [-0.1, -0.05) is 67.3 Å². The molecule has 37 heavy (non-hydrogen) atoms. The third-order valence-electron chi connectivity index (χ3n) is 6.19. The van der Waals surface area contributed by atoms with Crippen molar-refractivity contribution >= 4 is 51.7 Å². The zero-order valence-electron chi connectivity index (χ0n) is 22.0. The standard InChI is InChI=1S/C20H26N2O.C9H7ClOS.CH5N/c1-3-8-19(14-21-2)18-10-7-9-17(13-18)15-22(16-23)20-11-5-4-6-12-20;1-5-9(11)8-6(10)3-2-4-7(8)12-5;1-2/h3,7-10,13-14,16,20H,2,4-6,11-12,15H2,1H3;2-4,11H,1H3;2H2,1H3/b8-3-,19-14+;;. The second-order valence-corrected chi connectivity index (χ2v) is 10.3. The van der Waals surface area contributed by atoms with Gasteiger partial charge in [-0.15, -0.1) is 11.3 Å². The van der Waals surface area contributed by atoms with Crippen LogP contribution in [-0.4, -0.2) is 36.2 Å². The van der Waals surface area contributed by atoms with E-state index < -0.39 is 0 Å². The molecule has 1 aliphatic carbocycles. The minimum atomic E-state index is 0.320. The van der Waals surface area contributed by atoms with Crippen LogP contribution in [0.4, 0.5) is 0 Å². The molecule has 3 N–H and O–H groups in total. The Kier molecular flexibility index (Phi) is 13.1. The fourth-order valence-corrected chi connectivity index (χ4v) is 5.73. The average molecular weight is 540 g/mol. The third kappa shape index (κ3) is 8.56. The normalized spacial score (nSPS) is 13.9. The first-order chi connectivity index (χ1) is 18.0. The Bertz CT molecular complexity index is 1210. The van der Waals surface area contributed by atoms with E-state index in [1.807, 2.05) is 49.1 Å². The van der Waals surface area contributed by atoms with E-state index in [2.05, 4.69) is 35.6 Å². The van der Waals surface area contributed by atoms with Crippen molar-refractivity contribution < 1.29 is 9.90 Å². The van der Waals surface area contributed by atoms with Crippen LogP contribution in [0.5, 0.6) is 5.75 Å². The van der Waals surface area contributed by atoms with Crippen molar-refractivity contribution in [1.29, 1.82) is 0 Å². The molecule has 0 unspecified atom stereocenters. The Balaban J connectivity index is 0.000000287. The maximum atomic E-state index is 11.5. The lowest BCUT2D eigenvalue weighted by molar-refractivity contribution is -0.121. The zero-order chi connectivity index (χ0) is 27.2. The average Bonchev–Trinajstić information content (AvgIpc) is 3.23. The van der Waals surface area contributed by atoms with Crippen LogP contribution in [0, 0.1) is 6.92 Å². The monoisotopic (exact) mass is 539 g/mol. The van der Waals surface area contributed by atoms with Gasteiger partial charge in [-0.25, -0.2) is 0 Å². The maximum absolute atomic E-state index is 11.5. The molecule has 1 amide bonds. The van der Waals surface area contributed by atoms with E-state index in [0.717, 1.165) is 50.9 Å². The van der Waals surface area contributed by atoms with Crippen LogP contribution in [0.1, 0.15) is 55.0 Å². The molecule has 0 spiro atoms. The van der Waals surface area contributed by atoms with Crippen molar-refractivity contribution in [3.63, 3.8) is 0 Å². The largest absolute Gasteiger partial charge is 0.506 e. The minimum Gasteiger partial charge on any atom is -0.506 e. The van der Waals surface area contributed by atoms with E-state index in [1.54, 1.807) is 23.6 Å². The Morgan fingerprint density at radius 2 is 1.92 bits per heavy atom. The molecule has 1 aliphatic rings. The van der Waals surface area contributed by atoms with Gasteiger partial charge in [0.05, 0.1) is 10.4 Å². The van der Waals surface area contributed by atoms with E-state index in [1.165, 1.54) is 26.3 Å². The predicted octanol–water partition coefficient (Wildman–Crippen LogP) is 7.74. The molecule has 0 radical (unpaired) electrons. The number of aromatic hydroxyl groups is 1. The summed E-state index contributed by atoms with van der Waals surface area (Å²) in [5.74, 6) is 0.320. The van der Waals surface area contributed by atoms with Crippen molar-refractivity contribution in [2.45, 2.75) is 58.5 Å². The lowest BCUT2D eigenvalue weighted by Crippen LogP contribution is -2.35. The quantitative estimate of drug-likeness (QED) is 0.183. The van der Waals surface area contributed by atoms with Crippen molar-refractivity contribution in [2.75, 3.05) is 7.05 Å². The number of aliphatic imine (C=N–C) groups is 1. The highest BCUT2D eigenvalue weighted by Crippen LogP contribution is 2.39. The highest BCUT2D eigenvalue weighted by atomic mass is 35.5. The number of benzene rings is 2. The molecule has 2 aromatic carbocycles. The summed E-state index contributed by atoms with van der Waals surface area (Å²) in [6, 6.07) is 14.3. The van der Waals surface area contributed by atoms with E-state index in [4.69, 9.17) is 11.6 Å². The summed E-state index contributed by atoms with van der Waals surface area (Å²) in [7, 11) is 1.50. The number of allylic oxidation sites excluding steroid dienone is 3. The smallest absolute Gasteiger partial charge is 0.210 e. The Hall–Kier alpha value is -2.93. The molecule has 0 atom stereocenters. The number of rotatable bonds is 7. The number of carbonyl (C=O) groups excluding carboxylic acids is 1. The summed E-state index contributed by atoms with van der Waals surface area (Å²) >= 11 is 7.48. The van der Waals surface area contributed by atoms with Gasteiger partial charge in [0.15, 0.2) is 0 Å². The molecule has 4 rings (SSSR count). The Morgan fingerprint density at radius 3 is 2.54 bits per heavy atom. The summed E-state index contributed by atoms with van der Waals surface area (Å²) in [6.07, 6.45) is 12.8. The minimum absolute atomic E-state index is 0.320. The van der Waals surface area contributed by atoms with Gasteiger partial charge in [0, 0.05) is 28.4 Å². The first-order valence-corrected chi connectivity index (χ1v) is 13.7. The predicted molar refractivity (Wildman–Crippen MR) is 161 cm³/mol. The SMILES string of the molecule is C=N/C=C(\C=C/C)c1cccc(CN(C=O)C2CCCCC2)c1.CN.Cc1sc2cccc(Cl)c2c1O. The number of carbonyl (C=O) groups is 1. The summed E-state index contributed by atoms with van der Waals surface area (Å²) in [4.78, 5) is 18.3. The van der Waals surface area contributed by atoms with E-state index >= 15 is 0 Å². The van der Waals surface area contributed by atoms with Gasteiger partial charge in [-0.05, 0) is 75.4 Å². The van der Waals surface area contributed by atoms with Gasteiger partial charge in [0.1, 0.15) is 5.75 Å². The fourth-order valence-electron chi connectivity index (χ4n) is 4.43. The number of hydrogen-bond donors (Lipinski definition) is 2. The lowest BCUT2D eigenvalue weighted by atomic mass is 9.94. The fraction of sp³-hybridized carbons (Fsp3) is 0.333. The molecule has 198 valence electrons. The molecule has 1 aromatic heterocycles. The lowest BCUT2D eigenvalue weighted by Gasteiger charge is -2.31. The highest BCUT2D eigenvalue weighted by Gasteiger charge is 2.20. The summed E-state index contributed by atoms with van der Waals surface area (Å²) in [5.41, 5.74) is 7.78. The van der Waals surface area contributed by atoms with Crippen molar-refractivity contribution in [3.05, 3.63) is 81.8 Å². The molecule has 0 bridgehead atoms. The highest BCUT2D eigenvalue weighted by molar-refractivity contribution is 7.19. The van der Waals surface area contributed by atoms with Crippen LogP contribution >= 0.6 is 22.9 Å². The number of nitrogens with two attached hydrogens (primary N) is 1. The van der Waals surface area contributed by atoms with Crippen LogP contribution < -0.4 is 5.73 Å². The number of amides is 1. The molecule has 3 aromatic rings. The third-order valence-corrected chi connectivity index (χ3v) is 7.56. The molecular weight excluding hydrogens is 502 g/mol. The van der Waals surface area contributed by atoms with Gasteiger partial charge in [0.25, 0.3) is 0 Å². The number of hydrogen-bond acceptors (Lipinski definition) is 5. The van der Waals surface area contributed by atoms with Crippen molar-refractivity contribution in [1.82, 2.24) is 4.90 Å². The number of nitrogens with zero attached hydrogens (tertiary/aromatic N) is 2. The Labute approximate surface area is 230 Å². The topological polar surface area (TPSA) is 78.9 Å². The molecule has 7 heteroatoms. The summed E-state index contributed by atoms with van der Waals surface area (Å²) in [5, 5.41) is 11.0. The molecular formula is C30H38ClN3O2S. The zero-order valence-corrected chi connectivity index (χ0v) is 23.6. The van der Waals surface area contributed by atoms with E-state index in [9.17, 15) is 9.90 Å². The molecule has 1 heterocycles. The van der Waals surface area contributed by atoms with Crippen molar-refractivity contribution in [2.24, 2.45) is 10.7 Å². The molecule has 0 saturated heterocycles. The van der Waals surface area contributed by atoms with Gasteiger partial charge in [-0.2, -0.15) is 0 Å². The summed E-state index contributed by atoms with van der Waals surface area (Å²) in [6.45, 7) is 8.08. The van der Waals surface area contributed by atoms with Gasteiger partial charge in [0.2, 0.25) is 6.41 Å². The van der Waals surface area contributed by atoms with Gasteiger partial charge < -0.3 is 15.7 Å². The van der Waals surface area contributed by atoms with Crippen LogP contribution in [0.15, 0.2) is 65.8 Å². The molecule has 0 aliphatic heterocycles. The van der Waals surface area contributed by atoms with Crippen LogP contribution in [0.3, 0.4) is 0 Å². The number of halogens is 1. The maximum Gasteiger partial charge on any atom is 0.210 e. The molecule has 5 nitrogen and oxygen atoms in total. The number of aryl methyl sites for hydroxylation is 1. The molecule has 1 saturated carbocycles.